The fourth-order valence-corrected chi connectivity index (χ4v) is 2.26. The van der Waals surface area contributed by atoms with Crippen molar-refractivity contribution in [3.8, 4) is 0 Å². The molecule has 0 saturated heterocycles. The van der Waals surface area contributed by atoms with Gasteiger partial charge in [0.2, 0.25) is 0 Å². The number of hydrogen-bond donors (Lipinski definition) is 3. The Balaban J connectivity index is 1.82. The zero-order valence-electron chi connectivity index (χ0n) is 14.0. The summed E-state index contributed by atoms with van der Waals surface area (Å²) in [5.41, 5.74) is 1.35. The Kier molecular flexibility index (Phi) is 6.19. The van der Waals surface area contributed by atoms with Crippen LogP contribution in [0.5, 0.6) is 0 Å². The minimum absolute atomic E-state index is 0.00412. The van der Waals surface area contributed by atoms with E-state index in [-0.39, 0.29) is 30.5 Å². The molecule has 2 aromatic carbocycles. The Morgan fingerprint density at radius 3 is 2.16 bits per heavy atom. The van der Waals surface area contributed by atoms with E-state index in [4.69, 9.17) is 0 Å². The van der Waals surface area contributed by atoms with E-state index in [0.717, 1.165) is 5.56 Å². The number of nitrogens with one attached hydrogen (secondary N) is 3. The van der Waals surface area contributed by atoms with Crippen molar-refractivity contribution in [3.05, 3.63) is 59.7 Å². The van der Waals surface area contributed by atoms with Gasteiger partial charge in [-0.2, -0.15) is 0 Å². The van der Waals surface area contributed by atoms with Crippen LogP contribution in [0.15, 0.2) is 42.5 Å². The highest BCUT2D eigenvalue weighted by Gasteiger charge is 2.15. The Morgan fingerprint density at radius 1 is 0.960 bits per heavy atom. The maximum absolute atomic E-state index is 13.7. The summed E-state index contributed by atoms with van der Waals surface area (Å²) in [7, 11) is 1.68. The lowest BCUT2D eigenvalue weighted by molar-refractivity contribution is -0.862. The maximum Gasteiger partial charge on any atom is 0.279 e. The van der Waals surface area contributed by atoms with Gasteiger partial charge < -0.3 is 15.5 Å². The Bertz CT molecular complexity index is 763. The van der Waals surface area contributed by atoms with Gasteiger partial charge in [0, 0.05) is 5.69 Å². The highest BCUT2D eigenvalue weighted by atomic mass is 19.1. The van der Waals surface area contributed by atoms with Crippen LogP contribution in [0.2, 0.25) is 0 Å². The van der Waals surface area contributed by atoms with Crippen LogP contribution < -0.4 is 15.5 Å². The number of benzene rings is 2. The number of anilines is 2. The molecule has 0 spiro atoms. The van der Waals surface area contributed by atoms with Crippen molar-refractivity contribution < 1.29 is 23.3 Å². The first-order valence-electron chi connectivity index (χ1n) is 7.76. The van der Waals surface area contributed by atoms with Crippen molar-refractivity contribution in [2.24, 2.45) is 0 Å². The molecule has 0 aliphatic heterocycles. The van der Waals surface area contributed by atoms with E-state index in [0.29, 0.717) is 10.6 Å². The molecule has 5 nitrogen and oxygen atoms in total. The van der Waals surface area contributed by atoms with Crippen LogP contribution in [0.1, 0.15) is 5.56 Å². The maximum atomic E-state index is 13.7. The second-order valence-electron chi connectivity index (χ2n) is 5.90. The first-order valence-corrected chi connectivity index (χ1v) is 7.76. The van der Waals surface area contributed by atoms with Gasteiger partial charge in [0.15, 0.2) is 13.1 Å². The smallest absolute Gasteiger partial charge is 0.279 e. The largest absolute Gasteiger partial charge is 0.322 e. The molecule has 25 heavy (non-hydrogen) atoms. The van der Waals surface area contributed by atoms with Gasteiger partial charge in [-0.05, 0) is 48.9 Å². The zero-order chi connectivity index (χ0) is 18.4. The van der Waals surface area contributed by atoms with Crippen LogP contribution in [0.25, 0.3) is 0 Å². The third kappa shape index (κ3) is 5.96. The normalized spacial score (nSPS) is 11.7. The molecule has 2 rings (SSSR count). The van der Waals surface area contributed by atoms with Crippen LogP contribution in [-0.4, -0.2) is 32.0 Å². The lowest BCUT2D eigenvalue weighted by atomic mass is 10.2. The predicted octanol–water partition coefficient (Wildman–Crippen LogP) is 1.37. The number of aryl methyl sites for hydroxylation is 1. The Labute approximate surface area is 144 Å². The molecule has 0 aliphatic rings. The second-order valence-corrected chi connectivity index (χ2v) is 5.90. The molecule has 0 heterocycles. The molecule has 0 radical (unpaired) electrons. The first kappa shape index (κ1) is 18.5. The molecule has 0 fully saturated rings. The van der Waals surface area contributed by atoms with Gasteiger partial charge >= 0.3 is 0 Å². The molecule has 1 atom stereocenters. The fraction of sp³-hybridized carbons (Fsp3) is 0.222. The van der Waals surface area contributed by atoms with Gasteiger partial charge in [0.25, 0.3) is 11.8 Å². The van der Waals surface area contributed by atoms with Crippen molar-refractivity contribution in [2.45, 2.75) is 6.92 Å². The Hall–Kier alpha value is -2.80. The zero-order valence-corrected chi connectivity index (χ0v) is 14.0. The summed E-state index contributed by atoms with van der Waals surface area (Å²) in [5.74, 6) is -1.59. The van der Waals surface area contributed by atoms with E-state index < -0.39 is 11.7 Å². The van der Waals surface area contributed by atoms with Crippen LogP contribution >= 0.6 is 0 Å². The monoisotopic (exact) mass is 348 g/mol. The highest BCUT2D eigenvalue weighted by molar-refractivity contribution is 5.93. The summed E-state index contributed by atoms with van der Waals surface area (Å²) >= 11 is 0. The molecule has 3 N–H and O–H groups in total. The van der Waals surface area contributed by atoms with Gasteiger partial charge in [-0.3, -0.25) is 9.59 Å². The molecular formula is C18H20F2N3O2+. The summed E-state index contributed by atoms with van der Waals surface area (Å²) in [6.45, 7) is 1.80. The van der Waals surface area contributed by atoms with E-state index in [2.05, 4.69) is 10.6 Å². The summed E-state index contributed by atoms with van der Waals surface area (Å²) in [4.78, 5) is 24.5. The van der Waals surface area contributed by atoms with Gasteiger partial charge in [-0.25, -0.2) is 8.78 Å². The van der Waals surface area contributed by atoms with Gasteiger partial charge in [-0.15, -0.1) is 0 Å². The van der Waals surface area contributed by atoms with Crippen LogP contribution in [0, 0.1) is 18.6 Å². The van der Waals surface area contributed by atoms with E-state index in [1.165, 1.54) is 36.4 Å². The number of hydrogen-bond acceptors (Lipinski definition) is 2. The molecule has 7 heteroatoms. The molecule has 0 saturated carbocycles. The molecule has 1 unspecified atom stereocenters. The molecule has 2 amide bonds. The minimum atomic E-state index is -0.500. The first-order chi connectivity index (χ1) is 11.8. The second kappa shape index (κ2) is 8.34. The lowest BCUT2D eigenvalue weighted by Gasteiger charge is -2.14. The SMILES string of the molecule is Cc1ccc(NC(=O)C[NH+](C)CC(=O)Nc2ccc(F)cc2)c(F)c1. The topological polar surface area (TPSA) is 62.6 Å². The van der Waals surface area contributed by atoms with Crippen molar-refractivity contribution >= 4 is 23.2 Å². The van der Waals surface area contributed by atoms with Crippen molar-refractivity contribution in [1.82, 2.24) is 0 Å². The van der Waals surface area contributed by atoms with Crippen molar-refractivity contribution in [1.29, 1.82) is 0 Å². The van der Waals surface area contributed by atoms with Crippen molar-refractivity contribution in [3.63, 3.8) is 0 Å². The molecule has 2 aromatic rings. The van der Waals surface area contributed by atoms with E-state index in [1.807, 2.05) is 0 Å². The van der Waals surface area contributed by atoms with Crippen LogP contribution in [-0.2, 0) is 9.59 Å². The van der Waals surface area contributed by atoms with Gasteiger partial charge in [-0.1, -0.05) is 6.07 Å². The van der Waals surface area contributed by atoms with Gasteiger partial charge in [0.1, 0.15) is 11.6 Å². The third-order valence-corrected chi connectivity index (χ3v) is 3.45. The van der Waals surface area contributed by atoms with Crippen molar-refractivity contribution in [2.75, 3.05) is 30.8 Å². The summed E-state index contributed by atoms with van der Waals surface area (Å²) in [6, 6.07) is 9.93. The minimum Gasteiger partial charge on any atom is -0.322 e. The quantitative estimate of drug-likeness (QED) is 0.738. The molecular weight excluding hydrogens is 328 g/mol. The fourth-order valence-electron chi connectivity index (χ4n) is 2.26. The van der Waals surface area contributed by atoms with E-state index in [9.17, 15) is 18.4 Å². The van der Waals surface area contributed by atoms with Gasteiger partial charge in [0.05, 0.1) is 12.7 Å². The summed E-state index contributed by atoms with van der Waals surface area (Å²) in [5, 5.41) is 5.11. The number of carbonyl (C=O) groups excluding carboxylic acids is 2. The number of amides is 2. The number of likely N-dealkylation sites (N-methyl/N-ethyl adjacent to an activating group) is 1. The molecule has 0 aromatic heterocycles. The molecule has 132 valence electrons. The summed E-state index contributed by atoms with van der Waals surface area (Å²) in [6.07, 6.45) is 0. The number of rotatable bonds is 6. The predicted molar refractivity (Wildman–Crippen MR) is 91.4 cm³/mol. The molecule has 0 aliphatic carbocycles. The lowest BCUT2D eigenvalue weighted by Crippen LogP contribution is -3.11. The van der Waals surface area contributed by atoms with E-state index >= 15 is 0 Å². The highest BCUT2D eigenvalue weighted by Crippen LogP contribution is 2.14. The average Bonchev–Trinajstić information content (AvgIpc) is 2.52. The van der Waals surface area contributed by atoms with Crippen LogP contribution in [0.4, 0.5) is 20.2 Å². The van der Waals surface area contributed by atoms with Crippen LogP contribution in [0.3, 0.4) is 0 Å². The molecule has 0 bridgehead atoms. The number of carbonyl (C=O) groups is 2. The standard InChI is InChI=1S/C18H19F2N3O2/c1-12-3-8-16(15(20)9-12)22-18(25)11-23(2)10-17(24)21-14-6-4-13(19)5-7-14/h3-9H,10-11H2,1-2H3,(H,21,24)(H,22,25)/p+1. The third-order valence-electron chi connectivity index (χ3n) is 3.45. The average molecular weight is 348 g/mol. The van der Waals surface area contributed by atoms with E-state index in [1.54, 1.807) is 20.0 Å². The number of halogens is 2. The Morgan fingerprint density at radius 2 is 1.56 bits per heavy atom. The number of quaternary nitrogens is 1. The summed E-state index contributed by atoms with van der Waals surface area (Å²) < 4.78 is 26.5.